The van der Waals surface area contributed by atoms with Crippen molar-refractivity contribution in [2.45, 2.75) is 32.4 Å². The van der Waals surface area contributed by atoms with Gasteiger partial charge in [-0.05, 0) is 12.0 Å². The van der Waals surface area contributed by atoms with Gasteiger partial charge >= 0.3 is 0 Å². The van der Waals surface area contributed by atoms with Crippen LogP contribution in [0.5, 0.6) is 0 Å². The predicted molar refractivity (Wildman–Crippen MR) is 82.5 cm³/mol. The van der Waals surface area contributed by atoms with Crippen molar-refractivity contribution in [2.24, 2.45) is 5.92 Å². The van der Waals surface area contributed by atoms with E-state index in [1.165, 1.54) is 4.90 Å². The Hall–Kier alpha value is -1.88. The van der Waals surface area contributed by atoms with Gasteiger partial charge in [0.2, 0.25) is 11.8 Å². The van der Waals surface area contributed by atoms with Crippen LogP contribution in [-0.4, -0.2) is 24.9 Å². The number of para-hydroxylation sites is 1. The van der Waals surface area contributed by atoms with Gasteiger partial charge in [-0.25, -0.2) is 0 Å². The molecule has 3 atom stereocenters. The molecule has 21 heavy (non-hydrogen) atoms. The molecule has 2 N–H and O–H groups in total. The molecule has 1 aliphatic rings. The number of fused-ring (bicyclic) bond motifs is 1. The topological polar surface area (TPSA) is 61.4 Å². The van der Waals surface area contributed by atoms with E-state index in [0.717, 1.165) is 12.0 Å². The van der Waals surface area contributed by atoms with Gasteiger partial charge in [0.25, 0.3) is 0 Å². The predicted octanol–water partition coefficient (Wildman–Crippen LogP) is 1.62. The summed E-state index contributed by atoms with van der Waals surface area (Å²) in [6.07, 6.45) is 0.841. The molecule has 1 aromatic carbocycles. The van der Waals surface area contributed by atoms with Crippen LogP contribution in [0.25, 0.3) is 0 Å². The third-order valence-corrected chi connectivity index (χ3v) is 4.14. The maximum atomic E-state index is 12.6. The Morgan fingerprint density at radius 1 is 1.48 bits per heavy atom. The van der Waals surface area contributed by atoms with E-state index in [9.17, 15) is 9.59 Å². The van der Waals surface area contributed by atoms with Gasteiger partial charge in [-0.15, -0.1) is 0 Å². The van der Waals surface area contributed by atoms with Crippen LogP contribution in [-0.2, 0) is 9.59 Å². The number of carbonyl (C=O) groups is 2. The van der Waals surface area contributed by atoms with Gasteiger partial charge in [-0.3, -0.25) is 14.9 Å². The van der Waals surface area contributed by atoms with E-state index in [0.29, 0.717) is 5.69 Å². The Morgan fingerprint density at radius 2 is 2.14 bits per heavy atom. The highest BCUT2D eigenvalue weighted by atomic mass is 16.2. The first-order chi connectivity index (χ1) is 10.0. The molecule has 1 aliphatic heterocycles. The fraction of sp³-hybridized carbons (Fsp3) is 0.438. The van der Waals surface area contributed by atoms with Crippen molar-refractivity contribution in [3.8, 4) is 0 Å². The van der Waals surface area contributed by atoms with Gasteiger partial charge in [0, 0.05) is 25.3 Å². The molecule has 1 unspecified atom stereocenters. The molecule has 0 aromatic heterocycles. The van der Waals surface area contributed by atoms with Crippen LogP contribution in [0.15, 0.2) is 24.3 Å². The number of hydrogen-bond acceptors (Lipinski definition) is 3. The van der Waals surface area contributed by atoms with Crippen LogP contribution in [0.4, 0.5) is 5.69 Å². The summed E-state index contributed by atoms with van der Waals surface area (Å²) in [7, 11) is 5.48. The number of likely N-dealkylation sites (N-methyl/N-ethyl adjacent to an activating group) is 1. The van der Waals surface area contributed by atoms with Crippen molar-refractivity contribution in [1.82, 2.24) is 10.6 Å². The molecule has 0 saturated heterocycles. The molecule has 0 aliphatic carbocycles. The highest BCUT2D eigenvalue weighted by Gasteiger charge is 2.37. The number of anilines is 1. The highest BCUT2D eigenvalue weighted by molar-refractivity contribution is 6.01. The molecule has 2 amide bonds. The molecule has 2 rings (SSSR count). The minimum atomic E-state index is -0.555. The monoisotopic (exact) mass is 288 g/mol. The van der Waals surface area contributed by atoms with E-state index < -0.39 is 12.1 Å². The second-order valence-electron chi connectivity index (χ2n) is 5.40. The molecule has 1 heterocycles. The van der Waals surface area contributed by atoms with Crippen LogP contribution in [0.1, 0.15) is 31.9 Å². The summed E-state index contributed by atoms with van der Waals surface area (Å²) < 4.78 is 0. The fourth-order valence-corrected chi connectivity index (χ4v) is 2.61. The standard InChI is InChI=1S/C16H22N3O2/c1-5-10(2)13-16(21)19(4)12-9-7-6-8-11(12)14(18-13)15(20)17-3/h6-10,13-14,18H,4-5H2,1-3H3,(H,17,20)/t10-,13-,14?/m0/s1. The van der Waals surface area contributed by atoms with Crippen molar-refractivity contribution in [2.75, 3.05) is 11.9 Å². The first-order valence-corrected chi connectivity index (χ1v) is 7.22. The molecule has 0 saturated carbocycles. The second kappa shape index (κ2) is 6.26. The van der Waals surface area contributed by atoms with E-state index in [2.05, 4.69) is 17.7 Å². The van der Waals surface area contributed by atoms with Gasteiger partial charge in [0.15, 0.2) is 0 Å². The zero-order valence-electron chi connectivity index (χ0n) is 12.7. The zero-order valence-corrected chi connectivity index (χ0v) is 12.7. The summed E-state index contributed by atoms with van der Waals surface area (Å²) in [5.74, 6) is -0.148. The molecular formula is C16H22N3O2. The molecule has 1 aromatic rings. The fourth-order valence-electron chi connectivity index (χ4n) is 2.61. The SMILES string of the molecule is [CH2]N1C(=O)[C@H]([C@@H](C)CC)NC(C(=O)NC)c2ccccc21. The largest absolute Gasteiger partial charge is 0.358 e. The molecule has 1 radical (unpaired) electrons. The number of benzene rings is 1. The van der Waals surface area contributed by atoms with Crippen molar-refractivity contribution in [3.05, 3.63) is 36.9 Å². The van der Waals surface area contributed by atoms with E-state index in [1.54, 1.807) is 7.05 Å². The Morgan fingerprint density at radius 3 is 2.76 bits per heavy atom. The summed E-state index contributed by atoms with van der Waals surface area (Å²) in [6, 6.07) is 6.39. The van der Waals surface area contributed by atoms with Crippen molar-refractivity contribution in [1.29, 1.82) is 0 Å². The number of amides is 2. The molecule has 0 fully saturated rings. The van der Waals surface area contributed by atoms with Gasteiger partial charge in [-0.2, -0.15) is 0 Å². The molecular weight excluding hydrogens is 266 g/mol. The minimum Gasteiger partial charge on any atom is -0.358 e. The van der Waals surface area contributed by atoms with Crippen molar-refractivity contribution >= 4 is 17.5 Å². The van der Waals surface area contributed by atoms with Gasteiger partial charge in [0.1, 0.15) is 6.04 Å². The summed E-state index contributed by atoms with van der Waals surface area (Å²) in [5.41, 5.74) is 1.44. The Bertz CT molecular complexity index is 544. The first kappa shape index (κ1) is 15.5. The summed E-state index contributed by atoms with van der Waals surface area (Å²) in [4.78, 5) is 26.3. The smallest absolute Gasteiger partial charge is 0.244 e. The quantitative estimate of drug-likeness (QED) is 0.888. The van der Waals surface area contributed by atoms with Gasteiger partial charge < -0.3 is 10.2 Å². The average Bonchev–Trinajstić information content (AvgIpc) is 2.63. The van der Waals surface area contributed by atoms with Crippen LogP contribution in [0.3, 0.4) is 0 Å². The van der Waals surface area contributed by atoms with E-state index in [4.69, 9.17) is 0 Å². The number of hydrogen-bond donors (Lipinski definition) is 2. The lowest BCUT2D eigenvalue weighted by atomic mass is 9.97. The van der Waals surface area contributed by atoms with E-state index in [-0.39, 0.29) is 17.7 Å². The van der Waals surface area contributed by atoms with Crippen LogP contribution >= 0.6 is 0 Å². The number of nitrogens with one attached hydrogen (secondary N) is 2. The highest BCUT2D eigenvalue weighted by Crippen LogP contribution is 2.31. The lowest BCUT2D eigenvalue weighted by molar-refractivity contribution is -0.124. The third kappa shape index (κ3) is 2.78. The third-order valence-electron chi connectivity index (χ3n) is 4.14. The van der Waals surface area contributed by atoms with Gasteiger partial charge in [0.05, 0.1) is 6.04 Å². The minimum absolute atomic E-state index is 0.108. The van der Waals surface area contributed by atoms with E-state index in [1.807, 2.05) is 38.1 Å². The zero-order chi connectivity index (χ0) is 15.6. The lowest BCUT2D eigenvalue weighted by Gasteiger charge is -2.26. The first-order valence-electron chi connectivity index (χ1n) is 7.22. The Kier molecular flexibility index (Phi) is 4.63. The number of rotatable bonds is 3. The van der Waals surface area contributed by atoms with Crippen LogP contribution in [0.2, 0.25) is 0 Å². The molecule has 5 nitrogen and oxygen atoms in total. The van der Waals surface area contributed by atoms with Gasteiger partial charge in [-0.1, -0.05) is 38.5 Å². The lowest BCUT2D eigenvalue weighted by Crippen LogP contribution is -2.49. The van der Waals surface area contributed by atoms with Crippen LogP contribution < -0.4 is 15.5 Å². The molecule has 0 spiro atoms. The maximum Gasteiger partial charge on any atom is 0.244 e. The number of nitrogens with zero attached hydrogens (tertiary/aromatic N) is 1. The molecule has 0 bridgehead atoms. The summed E-state index contributed by atoms with van der Waals surface area (Å²) >= 11 is 0. The van der Waals surface area contributed by atoms with Crippen LogP contribution in [0, 0.1) is 13.0 Å². The maximum absolute atomic E-state index is 12.6. The van der Waals surface area contributed by atoms with E-state index >= 15 is 0 Å². The Labute approximate surface area is 125 Å². The Balaban J connectivity index is 2.52. The number of carbonyl (C=O) groups excluding carboxylic acids is 2. The van der Waals surface area contributed by atoms with Crippen molar-refractivity contribution in [3.63, 3.8) is 0 Å². The van der Waals surface area contributed by atoms with Crippen molar-refractivity contribution < 1.29 is 9.59 Å². The normalized spacial score (nSPS) is 23.2. The summed E-state index contributed by atoms with van der Waals surface area (Å²) in [6.45, 7) is 4.03. The second-order valence-corrected chi connectivity index (χ2v) is 5.40. The summed E-state index contributed by atoms with van der Waals surface area (Å²) in [5, 5.41) is 5.87. The molecule has 113 valence electrons. The molecule has 5 heteroatoms. The average molecular weight is 288 g/mol.